The molecule has 0 aliphatic carbocycles. The summed E-state index contributed by atoms with van der Waals surface area (Å²) in [6.07, 6.45) is 0.239. The van der Waals surface area contributed by atoms with Crippen molar-refractivity contribution in [1.82, 2.24) is 10.2 Å². The quantitative estimate of drug-likeness (QED) is 0.673. The number of carbonyl (C=O) groups is 2. The molecule has 2 amide bonds. The van der Waals surface area contributed by atoms with Crippen LogP contribution < -0.4 is 11.1 Å². The van der Waals surface area contributed by atoms with Gasteiger partial charge in [-0.1, -0.05) is 37.0 Å². The van der Waals surface area contributed by atoms with Crippen LogP contribution in [0.4, 0.5) is 4.39 Å². The van der Waals surface area contributed by atoms with Crippen molar-refractivity contribution in [3.63, 3.8) is 0 Å². The highest BCUT2D eigenvalue weighted by Gasteiger charge is 2.29. The lowest BCUT2D eigenvalue weighted by Crippen LogP contribution is -2.47. The molecule has 0 bridgehead atoms. The molecule has 1 heterocycles. The molecule has 1 aliphatic heterocycles. The van der Waals surface area contributed by atoms with Crippen LogP contribution in [0.5, 0.6) is 0 Å². The number of hydrogen-bond acceptors (Lipinski definition) is 4. The number of carbonyl (C=O) groups excluding carboxylic acids is 2. The molecule has 9 heteroatoms. The van der Waals surface area contributed by atoms with Crippen LogP contribution >= 0.6 is 23.2 Å². The van der Waals surface area contributed by atoms with Crippen LogP contribution in [0.25, 0.3) is 0 Å². The molecule has 2 aromatic rings. The number of amides is 2. The monoisotopic (exact) mass is 464 g/mol. The Labute approximate surface area is 190 Å². The first-order chi connectivity index (χ1) is 14.6. The second-order valence-corrected chi connectivity index (χ2v) is 8.66. The minimum Gasteiger partial charge on any atom is -0.369 e. The lowest BCUT2D eigenvalue weighted by molar-refractivity contribution is -0.129. The summed E-state index contributed by atoms with van der Waals surface area (Å²) in [5.74, 6) is -0.956. The van der Waals surface area contributed by atoms with E-state index in [4.69, 9.17) is 28.9 Å². The van der Waals surface area contributed by atoms with Crippen LogP contribution in [-0.2, 0) is 17.9 Å². The molecule has 1 atom stereocenters. The smallest absolute Gasteiger partial charge is 0.251 e. The topological polar surface area (TPSA) is 87.8 Å². The van der Waals surface area contributed by atoms with Crippen LogP contribution in [0.1, 0.15) is 41.8 Å². The predicted octanol–water partition coefficient (Wildman–Crippen LogP) is 4.13. The average molecular weight is 465 g/mol. The Hall–Kier alpha value is -2.64. The molecule has 0 radical (unpaired) electrons. The zero-order valence-corrected chi connectivity index (χ0v) is 18.7. The summed E-state index contributed by atoms with van der Waals surface area (Å²) < 4.78 is 14.2. The summed E-state index contributed by atoms with van der Waals surface area (Å²) in [7, 11) is 0. The summed E-state index contributed by atoms with van der Waals surface area (Å²) in [6, 6.07) is 8.71. The second-order valence-electron chi connectivity index (χ2n) is 7.79. The van der Waals surface area contributed by atoms with E-state index in [-0.39, 0.29) is 48.9 Å². The normalized spacial score (nSPS) is 16.5. The molecular weight excluding hydrogens is 442 g/mol. The van der Waals surface area contributed by atoms with Gasteiger partial charge in [0.15, 0.2) is 5.96 Å². The van der Waals surface area contributed by atoms with E-state index >= 15 is 0 Å². The van der Waals surface area contributed by atoms with Crippen molar-refractivity contribution in [3.8, 4) is 0 Å². The van der Waals surface area contributed by atoms with Gasteiger partial charge in [-0.25, -0.2) is 9.38 Å². The molecule has 31 heavy (non-hydrogen) atoms. The molecule has 0 saturated carbocycles. The van der Waals surface area contributed by atoms with Crippen molar-refractivity contribution in [2.75, 3.05) is 0 Å². The lowest BCUT2D eigenvalue weighted by atomic mass is 9.99. The van der Waals surface area contributed by atoms with E-state index in [2.05, 4.69) is 10.3 Å². The summed E-state index contributed by atoms with van der Waals surface area (Å²) in [4.78, 5) is 30.8. The number of hydrogen-bond donors (Lipinski definition) is 2. The third-order valence-corrected chi connectivity index (χ3v) is 5.40. The molecule has 0 spiro atoms. The molecule has 3 rings (SSSR count). The van der Waals surface area contributed by atoms with E-state index < -0.39 is 11.7 Å². The van der Waals surface area contributed by atoms with E-state index in [0.717, 1.165) is 6.07 Å². The number of nitrogens with one attached hydrogen (secondary N) is 1. The van der Waals surface area contributed by atoms with Gasteiger partial charge in [-0.2, -0.15) is 0 Å². The maximum Gasteiger partial charge on any atom is 0.251 e. The van der Waals surface area contributed by atoms with Gasteiger partial charge in [0, 0.05) is 22.2 Å². The maximum atomic E-state index is 14.2. The van der Waals surface area contributed by atoms with Gasteiger partial charge >= 0.3 is 0 Å². The van der Waals surface area contributed by atoms with Crippen LogP contribution in [0.3, 0.4) is 0 Å². The van der Waals surface area contributed by atoms with E-state index in [1.54, 1.807) is 18.2 Å². The largest absolute Gasteiger partial charge is 0.369 e. The summed E-state index contributed by atoms with van der Waals surface area (Å²) in [5, 5.41) is 3.62. The van der Waals surface area contributed by atoms with E-state index in [1.807, 2.05) is 13.8 Å². The third-order valence-electron chi connectivity index (χ3n) is 4.96. The fourth-order valence-corrected chi connectivity index (χ4v) is 3.88. The Morgan fingerprint density at radius 2 is 1.87 bits per heavy atom. The van der Waals surface area contributed by atoms with Crippen molar-refractivity contribution < 1.29 is 14.0 Å². The van der Waals surface area contributed by atoms with Gasteiger partial charge in [0.1, 0.15) is 5.82 Å². The Balaban J connectivity index is 1.73. The van der Waals surface area contributed by atoms with Gasteiger partial charge in [-0.15, -0.1) is 0 Å². The fourth-order valence-electron chi connectivity index (χ4n) is 3.31. The number of rotatable bonds is 6. The van der Waals surface area contributed by atoms with Crippen LogP contribution in [-0.4, -0.2) is 28.7 Å². The zero-order chi connectivity index (χ0) is 22.7. The highest BCUT2D eigenvalue weighted by atomic mass is 35.5. The fraction of sp³-hybridized carbons (Fsp3) is 0.318. The first-order valence-corrected chi connectivity index (χ1v) is 10.5. The maximum absolute atomic E-state index is 14.2. The van der Waals surface area contributed by atoms with Crippen molar-refractivity contribution in [3.05, 3.63) is 69.0 Å². The standard InChI is InChI=1S/C22H23Cl2FN4O2/c1-12(2)19-9-20(30)29(22(26)28-19)11-14-3-15(7-18(25)6-14)21(31)27-10-13-4-16(23)8-17(24)5-13/h3-8,12,19H,9-11H2,1-2H3,(H2,26,28)(H,27,31). The molecule has 1 aliphatic rings. The molecule has 0 aromatic heterocycles. The number of nitrogens with zero attached hydrogens (tertiary/aromatic N) is 2. The minimum atomic E-state index is -0.589. The Bertz CT molecular complexity index is 1020. The molecular formula is C22H23Cl2FN4O2. The van der Waals surface area contributed by atoms with Gasteiger partial charge in [-0.05, 0) is 53.4 Å². The van der Waals surface area contributed by atoms with Crippen molar-refractivity contribution >= 4 is 41.0 Å². The molecule has 6 nitrogen and oxygen atoms in total. The number of aliphatic imine (C=N–C) groups is 1. The van der Waals surface area contributed by atoms with E-state index in [0.29, 0.717) is 21.2 Å². The van der Waals surface area contributed by atoms with Crippen LogP contribution in [0.2, 0.25) is 10.0 Å². The highest BCUT2D eigenvalue weighted by Crippen LogP contribution is 2.21. The van der Waals surface area contributed by atoms with Gasteiger partial charge in [0.2, 0.25) is 5.91 Å². The summed E-state index contributed by atoms with van der Waals surface area (Å²) in [6.45, 7) is 4.14. The van der Waals surface area contributed by atoms with Gasteiger partial charge in [-0.3, -0.25) is 14.5 Å². The van der Waals surface area contributed by atoms with Crippen LogP contribution in [0.15, 0.2) is 41.4 Å². The van der Waals surface area contributed by atoms with Crippen molar-refractivity contribution in [2.24, 2.45) is 16.6 Å². The second kappa shape index (κ2) is 9.66. The Kier molecular flexibility index (Phi) is 7.18. The molecule has 3 N–H and O–H groups in total. The summed E-state index contributed by atoms with van der Waals surface area (Å²) in [5.41, 5.74) is 7.25. The highest BCUT2D eigenvalue weighted by molar-refractivity contribution is 6.34. The molecule has 0 fully saturated rings. The first-order valence-electron chi connectivity index (χ1n) is 9.78. The predicted molar refractivity (Wildman–Crippen MR) is 119 cm³/mol. The Morgan fingerprint density at radius 3 is 2.48 bits per heavy atom. The summed E-state index contributed by atoms with van der Waals surface area (Å²) >= 11 is 11.9. The van der Waals surface area contributed by atoms with Gasteiger partial charge in [0.05, 0.1) is 19.0 Å². The lowest BCUT2D eigenvalue weighted by Gasteiger charge is -2.30. The zero-order valence-electron chi connectivity index (χ0n) is 17.2. The van der Waals surface area contributed by atoms with Crippen molar-refractivity contribution in [2.45, 2.75) is 39.4 Å². The Morgan fingerprint density at radius 1 is 1.19 bits per heavy atom. The molecule has 0 saturated heterocycles. The molecule has 2 aromatic carbocycles. The van der Waals surface area contributed by atoms with Crippen molar-refractivity contribution in [1.29, 1.82) is 0 Å². The third kappa shape index (κ3) is 5.95. The van der Waals surface area contributed by atoms with E-state index in [9.17, 15) is 14.0 Å². The molecule has 1 unspecified atom stereocenters. The average Bonchev–Trinajstić information content (AvgIpc) is 2.67. The van der Waals surface area contributed by atoms with E-state index in [1.165, 1.54) is 17.0 Å². The number of halogens is 3. The minimum absolute atomic E-state index is 0.0287. The van der Waals surface area contributed by atoms with Gasteiger partial charge < -0.3 is 11.1 Å². The molecule has 164 valence electrons. The number of nitrogens with two attached hydrogens (primary N) is 1. The number of guanidine groups is 1. The first kappa shape index (κ1) is 23.0. The number of benzene rings is 2. The SMILES string of the molecule is CC(C)C1CC(=O)N(Cc2cc(F)cc(C(=O)NCc3cc(Cl)cc(Cl)c3)c2)C(N)=N1. The van der Waals surface area contributed by atoms with Gasteiger partial charge in [0.25, 0.3) is 5.91 Å². The van der Waals surface area contributed by atoms with Crippen LogP contribution in [0, 0.1) is 11.7 Å².